The van der Waals surface area contributed by atoms with Crippen molar-refractivity contribution in [3.63, 3.8) is 0 Å². The Kier molecular flexibility index (Phi) is 3.71. The number of hydrogen-bond donors (Lipinski definition) is 0. The molecule has 0 aliphatic rings. The van der Waals surface area contributed by atoms with Crippen LogP contribution < -0.4 is 0 Å². The smallest absolute Gasteiger partial charge is 0.309 e. The number of nitrogens with zero attached hydrogens (tertiary/aromatic N) is 1. The Morgan fingerprint density at radius 3 is 2.75 bits per heavy atom. The number of ether oxygens (including phenoxy) is 1. The summed E-state index contributed by atoms with van der Waals surface area (Å²) in [6, 6.07) is 3.98. The molecule has 0 radical (unpaired) electrons. The number of carbonyl (C=O) groups is 2. The van der Waals surface area contributed by atoms with Crippen LogP contribution in [0.4, 0.5) is 5.69 Å². The third kappa shape index (κ3) is 2.63. The molecule has 1 aromatic rings. The van der Waals surface area contributed by atoms with Crippen LogP contribution >= 0.6 is 0 Å². The molecule has 0 aliphatic carbocycles. The van der Waals surface area contributed by atoms with Crippen molar-refractivity contribution in [3.05, 3.63) is 39.4 Å². The fraction of sp³-hybridized carbons (Fsp3) is 0.200. The standard InChI is InChI=1S/C10H9NO5/c1-16-10(13)5-7-2-3-8(6-12)9(4-7)11(14)15/h2-4,6H,5H2,1H3. The molecule has 6 nitrogen and oxygen atoms in total. The molecule has 84 valence electrons. The topological polar surface area (TPSA) is 86.5 Å². The summed E-state index contributed by atoms with van der Waals surface area (Å²) in [6.45, 7) is 0. The third-order valence-electron chi connectivity index (χ3n) is 1.99. The minimum atomic E-state index is -0.662. The van der Waals surface area contributed by atoms with Crippen molar-refractivity contribution in [2.45, 2.75) is 6.42 Å². The van der Waals surface area contributed by atoms with Crippen molar-refractivity contribution >= 4 is 17.9 Å². The second kappa shape index (κ2) is 5.01. The maximum Gasteiger partial charge on any atom is 0.309 e. The summed E-state index contributed by atoms with van der Waals surface area (Å²) < 4.78 is 4.43. The molecule has 0 N–H and O–H groups in total. The van der Waals surface area contributed by atoms with E-state index in [2.05, 4.69) is 4.74 Å². The van der Waals surface area contributed by atoms with Gasteiger partial charge >= 0.3 is 5.97 Å². The molecule has 16 heavy (non-hydrogen) atoms. The number of hydrogen-bond acceptors (Lipinski definition) is 5. The summed E-state index contributed by atoms with van der Waals surface area (Å²) >= 11 is 0. The highest BCUT2D eigenvalue weighted by Gasteiger charge is 2.15. The summed E-state index contributed by atoms with van der Waals surface area (Å²) in [6.07, 6.45) is 0.344. The summed E-state index contributed by atoms with van der Waals surface area (Å²) in [7, 11) is 1.23. The van der Waals surface area contributed by atoms with Gasteiger partial charge in [0.2, 0.25) is 0 Å². The number of rotatable bonds is 4. The van der Waals surface area contributed by atoms with Crippen LogP contribution in [0.2, 0.25) is 0 Å². The number of esters is 1. The zero-order valence-electron chi connectivity index (χ0n) is 8.50. The van der Waals surface area contributed by atoms with Crippen LogP contribution in [0.3, 0.4) is 0 Å². The first kappa shape index (κ1) is 11.8. The normalized spacial score (nSPS) is 9.56. The second-order valence-electron chi connectivity index (χ2n) is 3.02. The van der Waals surface area contributed by atoms with Gasteiger partial charge in [0.05, 0.1) is 24.0 Å². The van der Waals surface area contributed by atoms with Crippen molar-refractivity contribution in [2.24, 2.45) is 0 Å². The van der Waals surface area contributed by atoms with Crippen molar-refractivity contribution < 1.29 is 19.2 Å². The van der Waals surface area contributed by atoms with Gasteiger partial charge in [0, 0.05) is 6.07 Å². The largest absolute Gasteiger partial charge is 0.469 e. The summed E-state index contributed by atoms with van der Waals surface area (Å²) in [5.41, 5.74) is 0.110. The molecule has 0 atom stereocenters. The number of methoxy groups -OCH3 is 1. The molecule has 1 rings (SSSR count). The van der Waals surface area contributed by atoms with Crippen LogP contribution in [-0.2, 0) is 16.0 Å². The Bertz CT molecular complexity index is 441. The summed E-state index contributed by atoms with van der Waals surface area (Å²) in [5, 5.41) is 10.6. The van der Waals surface area contributed by atoms with E-state index in [1.807, 2.05) is 0 Å². The molecule has 0 heterocycles. The van der Waals surface area contributed by atoms with E-state index in [1.165, 1.54) is 25.3 Å². The van der Waals surface area contributed by atoms with Crippen LogP contribution in [0.15, 0.2) is 18.2 Å². The molecule has 6 heteroatoms. The number of carbonyl (C=O) groups excluding carboxylic acids is 2. The zero-order chi connectivity index (χ0) is 12.1. The Hall–Kier alpha value is -2.24. The van der Waals surface area contributed by atoms with Gasteiger partial charge in [-0.25, -0.2) is 0 Å². The third-order valence-corrected chi connectivity index (χ3v) is 1.99. The molecule has 0 amide bonds. The lowest BCUT2D eigenvalue weighted by Gasteiger charge is -2.01. The van der Waals surface area contributed by atoms with E-state index >= 15 is 0 Å². The van der Waals surface area contributed by atoms with Gasteiger partial charge in [0.25, 0.3) is 5.69 Å². The number of nitro benzene ring substituents is 1. The monoisotopic (exact) mass is 223 g/mol. The molecule has 0 aromatic heterocycles. The second-order valence-corrected chi connectivity index (χ2v) is 3.02. The Morgan fingerprint density at radius 2 is 2.25 bits per heavy atom. The van der Waals surface area contributed by atoms with Gasteiger partial charge in [-0.3, -0.25) is 19.7 Å². The fourth-order valence-electron chi connectivity index (χ4n) is 1.20. The Labute approximate surface area is 91.0 Å². The maximum atomic E-state index is 11.0. The SMILES string of the molecule is COC(=O)Cc1ccc(C=O)c([N+](=O)[O-])c1. The predicted molar refractivity (Wildman–Crippen MR) is 54.2 cm³/mol. The van der Waals surface area contributed by atoms with Crippen LogP contribution in [0.5, 0.6) is 0 Å². The zero-order valence-corrected chi connectivity index (χ0v) is 8.50. The highest BCUT2D eigenvalue weighted by molar-refractivity contribution is 5.82. The number of nitro groups is 1. The van der Waals surface area contributed by atoms with E-state index in [0.717, 1.165) is 0 Å². The van der Waals surface area contributed by atoms with Crippen molar-refractivity contribution in [1.82, 2.24) is 0 Å². The van der Waals surface area contributed by atoms with E-state index in [4.69, 9.17) is 0 Å². The maximum absolute atomic E-state index is 11.0. The van der Waals surface area contributed by atoms with Gasteiger partial charge in [0.15, 0.2) is 6.29 Å². The van der Waals surface area contributed by atoms with E-state index in [9.17, 15) is 19.7 Å². The summed E-state index contributed by atoms with van der Waals surface area (Å²) in [5.74, 6) is -0.492. The molecule has 0 spiro atoms. The average Bonchev–Trinajstić information content (AvgIpc) is 2.28. The van der Waals surface area contributed by atoms with Gasteiger partial charge in [-0.15, -0.1) is 0 Å². The molecule has 1 aromatic carbocycles. The quantitative estimate of drug-likeness (QED) is 0.330. The minimum Gasteiger partial charge on any atom is -0.469 e. The van der Waals surface area contributed by atoms with Gasteiger partial charge in [-0.2, -0.15) is 0 Å². The van der Waals surface area contributed by atoms with Crippen LogP contribution in [0, 0.1) is 10.1 Å². The van der Waals surface area contributed by atoms with Crippen LogP contribution in [-0.4, -0.2) is 24.3 Å². The van der Waals surface area contributed by atoms with E-state index in [1.54, 1.807) is 0 Å². The molecule has 0 unspecified atom stereocenters. The molecule has 0 bridgehead atoms. The van der Waals surface area contributed by atoms with E-state index in [-0.39, 0.29) is 17.7 Å². The van der Waals surface area contributed by atoms with E-state index < -0.39 is 10.9 Å². The predicted octanol–water partition coefficient (Wildman–Crippen LogP) is 1.12. The first-order valence-corrected chi connectivity index (χ1v) is 4.37. The first-order valence-electron chi connectivity index (χ1n) is 4.37. The lowest BCUT2D eigenvalue weighted by molar-refractivity contribution is -0.385. The molecular formula is C10H9NO5. The van der Waals surface area contributed by atoms with Crippen molar-refractivity contribution in [3.8, 4) is 0 Å². The first-order chi connectivity index (χ1) is 7.58. The van der Waals surface area contributed by atoms with Crippen molar-refractivity contribution in [1.29, 1.82) is 0 Å². The van der Waals surface area contributed by atoms with Gasteiger partial charge in [0.1, 0.15) is 0 Å². The molecule has 0 fully saturated rings. The van der Waals surface area contributed by atoms with E-state index in [0.29, 0.717) is 11.8 Å². The van der Waals surface area contributed by atoms with Gasteiger partial charge in [-0.05, 0) is 11.6 Å². The molecule has 0 saturated heterocycles. The molecular weight excluding hydrogens is 214 g/mol. The molecule has 0 saturated carbocycles. The molecule has 0 aliphatic heterocycles. The Balaban J connectivity index is 3.07. The number of benzene rings is 1. The van der Waals surface area contributed by atoms with Gasteiger partial charge in [-0.1, -0.05) is 6.07 Å². The lowest BCUT2D eigenvalue weighted by Crippen LogP contribution is -2.05. The number of aldehydes is 1. The Morgan fingerprint density at radius 1 is 1.56 bits per heavy atom. The lowest BCUT2D eigenvalue weighted by atomic mass is 10.1. The van der Waals surface area contributed by atoms with Crippen molar-refractivity contribution in [2.75, 3.05) is 7.11 Å². The average molecular weight is 223 g/mol. The van der Waals surface area contributed by atoms with Crippen LogP contribution in [0.25, 0.3) is 0 Å². The summed E-state index contributed by atoms with van der Waals surface area (Å²) in [4.78, 5) is 31.4. The highest BCUT2D eigenvalue weighted by atomic mass is 16.6. The fourth-order valence-corrected chi connectivity index (χ4v) is 1.20. The van der Waals surface area contributed by atoms with Gasteiger partial charge < -0.3 is 4.74 Å². The highest BCUT2D eigenvalue weighted by Crippen LogP contribution is 2.19. The minimum absolute atomic E-state index is 0.0152. The van der Waals surface area contributed by atoms with Crippen LogP contribution in [0.1, 0.15) is 15.9 Å².